The number of aromatic nitrogens is 2. The van der Waals surface area contributed by atoms with Crippen LogP contribution in [-0.2, 0) is 11.8 Å². The molecule has 1 amide bonds. The van der Waals surface area contributed by atoms with Gasteiger partial charge in [-0.3, -0.25) is 9.48 Å². The summed E-state index contributed by atoms with van der Waals surface area (Å²) in [6.45, 7) is 3.93. The Morgan fingerprint density at radius 3 is 2.76 bits per heavy atom. The molecule has 1 aromatic carbocycles. The van der Waals surface area contributed by atoms with Crippen LogP contribution < -0.4 is 0 Å². The Bertz CT molecular complexity index is 897. The number of amides is 1. The second-order valence-electron chi connectivity index (χ2n) is 7.82. The van der Waals surface area contributed by atoms with Crippen molar-refractivity contribution in [3.05, 3.63) is 53.3 Å². The number of likely N-dealkylation sites (tertiary alicyclic amines) is 1. The van der Waals surface area contributed by atoms with E-state index in [0.29, 0.717) is 24.3 Å². The van der Waals surface area contributed by atoms with E-state index in [4.69, 9.17) is 4.74 Å². The van der Waals surface area contributed by atoms with Crippen LogP contribution in [0.4, 0.5) is 0 Å². The molecule has 3 heterocycles. The zero-order valence-corrected chi connectivity index (χ0v) is 16.8. The topological polar surface area (TPSA) is 74.4 Å². The van der Waals surface area contributed by atoms with Crippen LogP contribution in [0.1, 0.15) is 46.8 Å². The van der Waals surface area contributed by atoms with Gasteiger partial charge in [-0.1, -0.05) is 18.6 Å². The number of rotatable bonds is 4. The number of ether oxygens (including phenoxy) is 1. The number of carbonyl (C=O) groups excluding carboxylic acids is 1. The van der Waals surface area contributed by atoms with E-state index in [0.717, 1.165) is 25.2 Å². The first-order chi connectivity index (χ1) is 14.2. The average Bonchev–Trinajstić information content (AvgIpc) is 3.19. The van der Waals surface area contributed by atoms with Gasteiger partial charge in [0.1, 0.15) is 0 Å². The average molecular weight is 393 g/mol. The summed E-state index contributed by atoms with van der Waals surface area (Å²) in [6.07, 6.45) is 7.36. The summed E-state index contributed by atoms with van der Waals surface area (Å²) in [7, 11) is 1.88. The number of aryl methyl sites for hydroxylation is 1. The van der Waals surface area contributed by atoms with Crippen molar-refractivity contribution in [2.24, 2.45) is 7.05 Å². The number of hydrogen-bond acceptors (Lipinski definition) is 5. The van der Waals surface area contributed by atoms with E-state index in [-0.39, 0.29) is 18.1 Å². The lowest BCUT2D eigenvalue weighted by atomic mass is 9.97. The molecule has 0 unspecified atom stereocenters. The lowest BCUT2D eigenvalue weighted by molar-refractivity contribution is -0.0741. The third kappa shape index (κ3) is 4.19. The second kappa shape index (κ2) is 8.76. The molecule has 2 aromatic rings. The summed E-state index contributed by atoms with van der Waals surface area (Å²) in [5.74, 6) is -0.122. The van der Waals surface area contributed by atoms with Crippen molar-refractivity contribution < 1.29 is 9.53 Å². The van der Waals surface area contributed by atoms with E-state index < -0.39 is 0 Å². The van der Waals surface area contributed by atoms with Crippen molar-refractivity contribution in [2.75, 3.05) is 32.8 Å². The third-order valence-electron chi connectivity index (χ3n) is 5.84. The van der Waals surface area contributed by atoms with Crippen molar-refractivity contribution in [1.29, 1.82) is 5.26 Å². The quantitative estimate of drug-likeness (QED) is 0.797. The molecule has 7 heteroatoms. The maximum Gasteiger partial charge on any atom is 0.255 e. The van der Waals surface area contributed by atoms with Gasteiger partial charge in [-0.2, -0.15) is 10.4 Å². The highest BCUT2D eigenvalue weighted by atomic mass is 16.5. The van der Waals surface area contributed by atoms with Crippen molar-refractivity contribution in [3.63, 3.8) is 0 Å². The zero-order chi connectivity index (χ0) is 20.2. The van der Waals surface area contributed by atoms with Crippen LogP contribution >= 0.6 is 0 Å². The molecule has 29 heavy (non-hydrogen) atoms. The Hall–Kier alpha value is -2.69. The summed E-state index contributed by atoms with van der Waals surface area (Å²) in [6, 6.07) is 8.94. The van der Waals surface area contributed by atoms with Crippen molar-refractivity contribution >= 4 is 5.91 Å². The van der Waals surface area contributed by atoms with Crippen molar-refractivity contribution in [1.82, 2.24) is 19.6 Å². The van der Waals surface area contributed by atoms with Gasteiger partial charge in [0.15, 0.2) is 0 Å². The molecular weight excluding hydrogens is 366 g/mol. The molecule has 0 N–H and O–H groups in total. The highest BCUT2D eigenvalue weighted by Crippen LogP contribution is 2.32. The van der Waals surface area contributed by atoms with Crippen LogP contribution in [0, 0.1) is 11.3 Å². The Balaban J connectivity index is 1.65. The Morgan fingerprint density at radius 2 is 2.03 bits per heavy atom. The highest BCUT2D eigenvalue weighted by Gasteiger charge is 2.39. The molecule has 0 bridgehead atoms. The molecule has 2 fully saturated rings. The van der Waals surface area contributed by atoms with Crippen LogP contribution in [-0.4, -0.2) is 64.4 Å². The molecule has 1 aromatic heterocycles. The van der Waals surface area contributed by atoms with Gasteiger partial charge >= 0.3 is 0 Å². The molecule has 0 saturated carbocycles. The number of morpholine rings is 1. The SMILES string of the molecule is Cn1cc([C@H]2[C@H](CN3CCCCC3)OCCN2C(=O)c2ccccc2C#N)cn1. The largest absolute Gasteiger partial charge is 0.373 e. The van der Waals surface area contributed by atoms with E-state index in [1.165, 1.54) is 19.3 Å². The zero-order valence-electron chi connectivity index (χ0n) is 16.8. The van der Waals surface area contributed by atoms with E-state index in [2.05, 4.69) is 16.1 Å². The number of carbonyl (C=O) groups is 1. The van der Waals surface area contributed by atoms with E-state index in [9.17, 15) is 10.1 Å². The van der Waals surface area contributed by atoms with Gasteiger partial charge < -0.3 is 14.5 Å². The first-order valence-corrected chi connectivity index (χ1v) is 10.3. The normalized spacial score (nSPS) is 23.0. The predicted octanol–water partition coefficient (Wildman–Crippen LogP) is 2.36. The molecular formula is C22H27N5O2. The maximum absolute atomic E-state index is 13.5. The van der Waals surface area contributed by atoms with Gasteiger partial charge in [0.2, 0.25) is 0 Å². The number of hydrogen-bond donors (Lipinski definition) is 0. The van der Waals surface area contributed by atoms with Gasteiger partial charge in [-0.15, -0.1) is 0 Å². The molecule has 0 spiro atoms. The molecule has 2 atom stereocenters. The summed E-state index contributed by atoms with van der Waals surface area (Å²) < 4.78 is 7.95. The molecule has 0 aliphatic carbocycles. The fourth-order valence-corrected chi connectivity index (χ4v) is 4.42. The Kier molecular flexibility index (Phi) is 5.93. The second-order valence-corrected chi connectivity index (χ2v) is 7.82. The molecule has 2 saturated heterocycles. The van der Waals surface area contributed by atoms with Gasteiger partial charge in [0, 0.05) is 31.9 Å². The lowest BCUT2D eigenvalue weighted by Crippen LogP contribution is -2.52. The molecule has 2 aliphatic heterocycles. The monoisotopic (exact) mass is 393 g/mol. The van der Waals surface area contributed by atoms with E-state index in [1.807, 2.05) is 24.3 Å². The molecule has 2 aliphatic rings. The standard InChI is InChI=1S/C22H27N5O2/c1-25-15-18(14-24-25)21-20(16-26-9-5-2-6-10-26)29-12-11-27(21)22(28)19-8-4-3-7-17(19)13-23/h3-4,7-8,14-15,20-21H,2,5-6,9-12,16H2,1H3/t20-,21-/m0/s1. The Morgan fingerprint density at radius 1 is 1.24 bits per heavy atom. The van der Waals surface area contributed by atoms with Crippen LogP contribution in [0.2, 0.25) is 0 Å². The number of nitrogens with zero attached hydrogens (tertiary/aromatic N) is 5. The van der Waals surface area contributed by atoms with E-state index in [1.54, 1.807) is 28.9 Å². The predicted molar refractivity (Wildman–Crippen MR) is 108 cm³/mol. The fourth-order valence-electron chi connectivity index (χ4n) is 4.42. The third-order valence-corrected chi connectivity index (χ3v) is 5.84. The smallest absolute Gasteiger partial charge is 0.255 e. The van der Waals surface area contributed by atoms with Crippen molar-refractivity contribution in [3.8, 4) is 6.07 Å². The molecule has 4 rings (SSSR count). The summed E-state index contributed by atoms with van der Waals surface area (Å²) in [5.41, 5.74) is 1.82. The number of benzene rings is 1. The highest BCUT2D eigenvalue weighted by molar-refractivity contribution is 5.97. The summed E-state index contributed by atoms with van der Waals surface area (Å²) in [4.78, 5) is 17.8. The lowest BCUT2D eigenvalue weighted by Gasteiger charge is -2.43. The Labute approximate surface area is 171 Å². The van der Waals surface area contributed by atoms with Crippen molar-refractivity contribution in [2.45, 2.75) is 31.4 Å². The van der Waals surface area contributed by atoms with Gasteiger partial charge in [0.05, 0.1) is 42.1 Å². The summed E-state index contributed by atoms with van der Waals surface area (Å²) in [5, 5.41) is 13.8. The number of piperidine rings is 1. The maximum atomic E-state index is 13.5. The minimum atomic E-state index is -0.223. The van der Waals surface area contributed by atoms with Crippen LogP contribution in [0.5, 0.6) is 0 Å². The molecule has 0 radical (unpaired) electrons. The van der Waals surface area contributed by atoms with Gasteiger partial charge in [-0.05, 0) is 38.1 Å². The van der Waals surface area contributed by atoms with Crippen LogP contribution in [0.3, 0.4) is 0 Å². The first kappa shape index (κ1) is 19.6. The molecule has 152 valence electrons. The summed E-state index contributed by atoms with van der Waals surface area (Å²) >= 11 is 0. The van der Waals surface area contributed by atoms with Gasteiger partial charge in [-0.25, -0.2) is 0 Å². The van der Waals surface area contributed by atoms with Crippen LogP contribution in [0.15, 0.2) is 36.7 Å². The minimum Gasteiger partial charge on any atom is -0.373 e. The number of nitriles is 1. The van der Waals surface area contributed by atoms with Gasteiger partial charge in [0.25, 0.3) is 5.91 Å². The van der Waals surface area contributed by atoms with E-state index >= 15 is 0 Å². The minimum absolute atomic E-state index is 0.121. The molecule has 7 nitrogen and oxygen atoms in total. The van der Waals surface area contributed by atoms with Crippen LogP contribution in [0.25, 0.3) is 0 Å². The first-order valence-electron chi connectivity index (χ1n) is 10.3. The fraction of sp³-hybridized carbons (Fsp3) is 0.500.